The number of benzene rings is 2. The number of amides is 2. The Morgan fingerprint density at radius 1 is 1.27 bits per heavy atom. The molecule has 2 aromatic carbocycles. The van der Waals surface area contributed by atoms with Crippen molar-refractivity contribution in [2.45, 2.75) is 71.5 Å². The van der Waals surface area contributed by atoms with Gasteiger partial charge in [-0.25, -0.2) is 0 Å². The minimum Gasteiger partial charge on any atom is -0.350 e. The van der Waals surface area contributed by atoms with Crippen molar-refractivity contribution in [3.63, 3.8) is 0 Å². The van der Waals surface area contributed by atoms with Crippen molar-refractivity contribution in [3.05, 3.63) is 70.3 Å². The van der Waals surface area contributed by atoms with Crippen molar-refractivity contribution in [1.29, 1.82) is 5.41 Å². The van der Waals surface area contributed by atoms with Gasteiger partial charge in [0.1, 0.15) is 0 Å². The molecule has 1 aliphatic heterocycles. The van der Waals surface area contributed by atoms with Crippen LogP contribution in [-0.4, -0.2) is 28.2 Å². The Bertz CT molecular complexity index is 1070. The number of rotatable bonds is 5. The fourth-order valence-corrected chi connectivity index (χ4v) is 4.84. The molecule has 3 N–H and O–H groups in total. The second-order valence-corrected chi connectivity index (χ2v) is 10.0. The summed E-state index contributed by atoms with van der Waals surface area (Å²) >= 11 is 0. The van der Waals surface area contributed by atoms with Crippen LogP contribution >= 0.6 is 0 Å². The van der Waals surface area contributed by atoms with E-state index >= 15 is 0 Å². The first-order chi connectivity index (χ1) is 15.7. The number of hydrogen-bond donors (Lipinski definition) is 3. The quantitative estimate of drug-likeness (QED) is 0.633. The largest absolute Gasteiger partial charge is 0.350 e. The van der Waals surface area contributed by atoms with E-state index in [-0.39, 0.29) is 36.3 Å². The second-order valence-electron chi connectivity index (χ2n) is 10.0. The summed E-state index contributed by atoms with van der Waals surface area (Å²) < 4.78 is 0. The molecule has 6 heteroatoms. The van der Waals surface area contributed by atoms with Gasteiger partial charge in [-0.05, 0) is 73.4 Å². The number of nitrogens with one attached hydrogen (secondary N) is 3. The van der Waals surface area contributed by atoms with E-state index in [9.17, 15) is 9.59 Å². The third kappa shape index (κ3) is 4.80. The van der Waals surface area contributed by atoms with Crippen molar-refractivity contribution in [1.82, 2.24) is 15.5 Å². The first-order valence-corrected chi connectivity index (χ1v) is 11.8. The molecule has 0 unspecified atom stereocenters. The third-order valence-corrected chi connectivity index (χ3v) is 7.18. The van der Waals surface area contributed by atoms with Crippen molar-refractivity contribution in [2.75, 3.05) is 0 Å². The maximum absolute atomic E-state index is 13.2. The molecule has 2 amide bonds. The molecule has 33 heavy (non-hydrogen) atoms. The van der Waals surface area contributed by atoms with Gasteiger partial charge >= 0.3 is 0 Å². The second kappa shape index (κ2) is 9.00. The number of hydrogen-bond acceptors (Lipinski definition) is 3. The van der Waals surface area contributed by atoms with Gasteiger partial charge in [-0.2, -0.15) is 0 Å². The maximum atomic E-state index is 13.2. The molecular weight excluding hydrogens is 412 g/mol. The minimum atomic E-state index is -0.418. The molecule has 1 saturated heterocycles. The molecule has 174 valence electrons. The Hall–Kier alpha value is -3.15. The van der Waals surface area contributed by atoms with Gasteiger partial charge in [0.2, 0.25) is 5.91 Å². The van der Waals surface area contributed by atoms with E-state index in [4.69, 9.17) is 5.41 Å². The van der Waals surface area contributed by atoms with Crippen molar-refractivity contribution in [2.24, 2.45) is 5.92 Å². The van der Waals surface area contributed by atoms with Crippen LogP contribution in [0.1, 0.15) is 78.7 Å². The molecule has 6 nitrogen and oxygen atoms in total. The molecule has 1 heterocycles. The average Bonchev–Trinajstić information content (AvgIpc) is 2.76. The van der Waals surface area contributed by atoms with E-state index in [1.807, 2.05) is 44.2 Å². The van der Waals surface area contributed by atoms with Crippen molar-refractivity contribution < 1.29 is 9.59 Å². The molecule has 2 aliphatic rings. The summed E-state index contributed by atoms with van der Waals surface area (Å²) in [7, 11) is 0. The topological polar surface area (TPSA) is 85.3 Å². The van der Waals surface area contributed by atoms with Crippen LogP contribution < -0.4 is 10.6 Å². The van der Waals surface area contributed by atoms with Crippen LogP contribution in [0.25, 0.3) is 0 Å². The van der Waals surface area contributed by atoms with Crippen LogP contribution in [0.4, 0.5) is 0 Å². The lowest BCUT2D eigenvalue weighted by Crippen LogP contribution is -2.62. The predicted molar refractivity (Wildman–Crippen MR) is 130 cm³/mol. The van der Waals surface area contributed by atoms with Gasteiger partial charge in [0.15, 0.2) is 5.96 Å². The normalized spacial score (nSPS) is 22.7. The fourth-order valence-electron chi connectivity index (χ4n) is 4.84. The Labute approximate surface area is 196 Å². The Balaban J connectivity index is 1.50. The summed E-state index contributed by atoms with van der Waals surface area (Å²) in [6.07, 6.45) is 3.38. The van der Waals surface area contributed by atoms with Crippen LogP contribution in [0.15, 0.2) is 42.5 Å². The van der Waals surface area contributed by atoms with Crippen molar-refractivity contribution >= 4 is 17.8 Å². The van der Waals surface area contributed by atoms with Crippen LogP contribution in [0.2, 0.25) is 0 Å². The highest BCUT2D eigenvalue weighted by molar-refractivity contribution is 5.99. The molecule has 4 rings (SSSR count). The summed E-state index contributed by atoms with van der Waals surface area (Å²) in [5, 5.41) is 14.9. The first-order valence-electron chi connectivity index (χ1n) is 11.8. The summed E-state index contributed by atoms with van der Waals surface area (Å²) in [6.45, 7) is 8.32. The zero-order chi connectivity index (χ0) is 23.8. The van der Waals surface area contributed by atoms with Crippen LogP contribution in [-0.2, 0) is 17.8 Å². The van der Waals surface area contributed by atoms with Gasteiger partial charge in [0, 0.05) is 11.1 Å². The summed E-state index contributed by atoms with van der Waals surface area (Å²) in [4.78, 5) is 27.5. The maximum Gasteiger partial charge on any atom is 0.251 e. The van der Waals surface area contributed by atoms with Crippen LogP contribution in [0, 0.1) is 18.3 Å². The van der Waals surface area contributed by atoms with E-state index in [0.29, 0.717) is 12.0 Å². The van der Waals surface area contributed by atoms with Gasteiger partial charge in [-0.1, -0.05) is 44.2 Å². The Kier molecular flexibility index (Phi) is 6.28. The standard InChI is InChI=1S/C27H34N4O2/c1-17(2)27(4)15-24(32)31(26(28)30-27)16-19-12-18(3)13-21(14-19)25(33)29-23-11-7-9-20-8-5-6-10-22(20)23/h5-6,8,10,12-14,17,23H,7,9,11,15-16H2,1-4H3,(H2,28,30)(H,29,33)/t23-,27-/m0/s1. The molecule has 1 aliphatic carbocycles. The van der Waals surface area contributed by atoms with Crippen LogP contribution in [0.3, 0.4) is 0 Å². The first kappa shape index (κ1) is 23.0. The Morgan fingerprint density at radius 2 is 2.03 bits per heavy atom. The van der Waals surface area contributed by atoms with E-state index in [2.05, 4.69) is 36.6 Å². The summed E-state index contributed by atoms with van der Waals surface area (Å²) in [5.74, 6) is 0.172. The monoisotopic (exact) mass is 446 g/mol. The smallest absolute Gasteiger partial charge is 0.251 e. The number of aryl methyl sites for hydroxylation is 2. The number of carbonyl (C=O) groups excluding carboxylic acids is 2. The Morgan fingerprint density at radius 3 is 2.76 bits per heavy atom. The molecule has 0 bridgehead atoms. The number of carbonyl (C=O) groups is 2. The highest BCUT2D eigenvalue weighted by Crippen LogP contribution is 2.30. The predicted octanol–water partition coefficient (Wildman–Crippen LogP) is 4.47. The zero-order valence-corrected chi connectivity index (χ0v) is 20.0. The van der Waals surface area contributed by atoms with E-state index < -0.39 is 5.54 Å². The summed E-state index contributed by atoms with van der Waals surface area (Å²) in [6, 6.07) is 14.0. The number of fused-ring (bicyclic) bond motifs is 1. The van der Waals surface area contributed by atoms with Gasteiger partial charge < -0.3 is 10.6 Å². The highest BCUT2D eigenvalue weighted by atomic mass is 16.2. The molecule has 1 fully saturated rings. The number of guanidine groups is 1. The molecule has 2 atom stereocenters. The van der Waals surface area contributed by atoms with E-state index in [1.165, 1.54) is 16.0 Å². The fraction of sp³-hybridized carbons (Fsp3) is 0.444. The van der Waals surface area contributed by atoms with E-state index in [0.717, 1.165) is 30.4 Å². The lowest BCUT2D eigenvalue weighted by molar-refractivity contribution is -0.131. The highest BCUT2D eigenvalue weighted by Gasteiger charge is 2.40. The lowest BCUT2D eigenvalue weighted by atomic mass is 9.83. The van der Waals surface area contributed by atoms with Crippen molar-refractivity contribution in [3.8, 4) is 0 Å². The molecule has 0 spiro atoms. The van der Waals surface area contributed by atoms with Gasteiger partial charge in [-0.3, -0.25) is 19.9 Å². The molecule has 2 aromatic rings. The van der Waals surface area contributed by atoms with Gasteiger partial charge in [0.25, 0.3) is 5.91 Å². The molecule has 0 radical (unpaired) electrons. The average molecular weight is 447 g/mol. The third-order valence-electron chi connectivity index (χ3n) is 7.18. The zero-order valence-electron chi connectivity index (χ0n) is 20.0. The SMILES string of the molecule is Cc1cc(CN2C(=N)N[C@](C)(C(C)C)CC2=O)cc(C(=O)N[C@H]2CCCc3ccccc32)c1. The molecular formula is C27H34N4O2. The lowest BCUT2D eigenvalue weighted by Gasteiger charge is -2.43. The van der Waals surface area contributed by atoms with Gasteiger partial charge in [0.05, 0.1) is 19.0 Å². The van der Waals surface area contributed by atoms with Crippen LogP contribution in [0.5, 0.6) is 0 Å². The minimum absolute atomic E-state index is 0.0150. The molecule has 0 saturated carbocycles. The van der Waals surface area contributed by atoms with E-state index in [1.54, 1.807) is 0 Å². The molecule has 0 aromatic heterocycles. The number of nitrogens with zero attached hydrogens (tertiary/aromatic N) is 1. The van der Waals surface area contributed by atoms with Gasteiger partial charge in [-0.15, -0.1) is 0 Å². The summed E-state index contributed by atoms with van der Waals surface area (Å²) in [5.41, 5.74) is 4.48.